The van der Waals surface area contributed by atoms with Gasteiger partial charge in [0.15, 0.2) is 6.61 Å². The Hall–Kier alpha value is -1.55. The summed E-state index contributed by atoms with van der Waals surface area (Å²) >= 11 is 0. The predicted octanol–water partition coefficient (Wildman–Crippen LogP) is 1.82. The Morgan fingerprint density at radius 2 is 1.84 bits per heavy atom. The number of aliphatic hydroxyl groups excluding tert-OH is 1. The van der Waals surface area contributed by atoms with Crippen molar-refractivity contribution in [1.29, 1.82) is 0 Å². The highest BCUT2D eigenvalue weighted by atomic mass is 16.5. The summed E-state index contributed by atoms with van der Waals surface area (Å²) in [4.78, 5) is 11.7. The Balaban J connectivity index is 2.46. The molecule has 0 heterocycles. The molecule has 2 unspecified atom stereocenters. The van der Waals surface area contributed by atoms with Gasteiger partial charge in [-0.25, -0.2) is 0 Å². The smallest absolute Gasteiger partial charge is 0.258 e. The zero-order valence-electron chi connectivity index (χ0n) is 12.1. The summed E-state index contributed by atoms with van der Waals surface area (Å²) in [7, 11) is 0. The summed E-state index contributed by atoms with van der Waals surface area (Å²) in [5.74, 6) is 0.563. The highest BCUT2D eigenvalue weighted by Crippen LogP contribution is 2.15. The summed E-state index contributed by atoms with van der Waals surface area (Å²) < 4.78 is 5.47. The maximum absolute atomic E-state index is 11.7. The van der Waals surface area contributed by atoms with Crippen molar-refractivity contribution in [2.45, 2.75) is 33.7 Å². The minimum absolute atomic E-state index is 0.00855. The summed E-state index contributed by atoms with van der Waals surface area (Å²) in [6.45, 7) is 7.78. The van der Waals surface area contributed by atoms with Crippen LogP contribution in [0.4, 0.5) is 0 Å². The van der Waals surface area contributed by atoms with Gasteiger partial charge in [-0.2, -0.15) is 0 Å². The second-order valence-corrected chi connectivity index (χ2v) is 5.13. The fourth-order valence-electron chi connectivity index (χ4n) is 1.76. The molecule has 2 N–H and O–H groups in total. The Labute approximate surface area is 114 Å². The van der Waals surface area contributed by atoms with Crippen molar-refractivity contribution in [1.82, 2.24) is 5.32 Å². The van der Waals surface area contributed by atoms with Gasteiger partial charge in [0.25, 0.3) is 5.91 Å². The molecule has 1 amide bonds. The van der Waals surface area contributed by atoms with Gasteiger partial charge in [-0.1, -0.05) is 13.0 Å². The van der Waals surface area contributed by atoms with E-state index in [1.165, 1.54) is 0 Å². The number of aryl methyl sites for hydroxylation is 2. The molecule has 19 heavy (non-hydrogen) atoms. The fourth-order valence-corrected chi connectivity index (χ4v) is 1.76. The first kappa shape index (κ1) is 15.5. The molecule has 4 nitrogen and oxygen atoms in total. The quantitative estimate of drug-likeness (QED) is 0.825. The second-order valence-electron chi connectivity index (χ2n) is 5.13. The van der Waals surface area contributed by atoms with Gasteiger partial charge in [0.05, 0.1) is 0 Å². The van der Waals surface area contributed by atoms with E-state index < -0.39 is 0 Å². The number of hydrogen-bond donors (Lipinski definition) is 2. The van der Waals surface area contributed by atoms with Crippen LogP contribution in [-0.2, 0) is 4.79 Å². The van der Waals surface area contributed by atoms with Crippen LogP contribution in [0.25, 0.3) is 0 Å². The van der Waals surface area contributed by atoms with Crippen LogP contribution in [-0.4, -0.2) is 30.3 Å². The Bertz CT molecular complexity index is 411. The molecule has 4 heteroatoms. The van der Waals surface area contributed by atoms with Gasteiger partial charge in [0, 0.05) is 12.6 Å². The summed E-state index contributed by atoms with van der Waals surface area (Å²) in [5.41, 5.74) is 2.22. The highest BCUT2D eigenvalue weighted by molar-refractivity contribution is 5.77. The lowest BCUT2D eigenvalue weighted by molar-refractivity contribution is -0.124. The number of ether oxygens (including phenoxy) is 1. The van der Waals surface area contributed by atoms with Crippen LogP contribution >= 0.6 is 0 Å². The molecule has 2 atom stereocenters. The van der Waals surface area contributed by atoms with Crippen molar-refractivity contribution in [3.63, 3.8) is 0 Å². The van der Waals surface area contributed by atoms with Gasteiger partial charge in [-0.15, -0.1) is 0 Å². The average Bonchev–Trinajstić information content (AvgIpc) is 2.34. The molecule has 0 saturated heterocycles. The lowest BCUT2D eigenvalue weighted by atomic mass is 10.1. The average molecular weight is 265 g/mol. The van der Waals surface area contributed by atoms with E-state index in [-0.39, 0.29) is 31.1 Å². The van der Waals surface area contributed by atoms with E-state index in [1.54, 1.807) is 0 Å². The molecule has 1 aromatic carbocycles. The van der Waals surface area contributed by atoms with Crippen molar-refractivity contribution in [3.8, 4) is 5.75 Å². The van der Waals surface area contributed by atoms with E-state index in [2.05, 4.69) is 11.4 Å². The molecular formula is C15H23NO3. The summed E-state index contributed by atoms with van der Waals surface area (Å²) in [5, 5.41) is 11.8. The Morgan fingerprint density at radius 1 is 1.26 bits per heavy atom. The number of rotatable bonds is 6. The second kappa shape index (κ2) is 7.14. The van der Waals surface area contributed by atoms with Crippen LogP contribution in [0.15, 0.2) is 18.2 Å². The first-order chi connectivity index (χ1) is 8.92. The normalized spacial score (nSPS) is 13.7. The van der Waals surface area contributed by atoms with Crippen LogP contribution in [0, 0.1) is 19.8 Å². The molecule has 0 bridgehead atoms. The fraction of sp³-hybridized carbons (Fsp3) is 0.533. The van der Waals surface area contributed by atoms with E-state index in [0.29, 0.717) is 5.75 Å². The number of benzene rings is 1. The molecule has 0 aromatic heterocycles. The van der Waals surface area contributed by atoms with Crippen molar-refractivity contribution in [2.24, 2.45) is 5.92 Å². The van der Waals surface area contributed by atoms with Gasteiger partial charge in [0.1, 0.15) is 5.75 Å². The van der Waals surface area contributed by atoms with Gasteiger partial charge in [-0.05, 0) is 49.9 Å². The van der Waals surface area contributed by atoms with Gasteiger partial charge in [-0.3, -0.25) is 4.79 Å². The molecule has 0 aliphatic heterocycles. The molecule has 0 aliphatic carbocycles. The molecule has 1 rings (SSSR count). The van der Waals surface area contributed by atoms with Crippen LogP contribution in [0.2, 0.25) is 0 Å². The van der Waals surface area contributed by atoms with Crippen molar-refractivity contribution in [3.05, 3.63) is 29.3 Å². The summed E-state index contributed by atoms with van der Waals surface area (Å²) in [6, 6.07) is 5.79. The SMILES string of the molecule is Cc1cc(C)cc(OCC(=O)NC(C)C(C)CO)c1. The highest BCUT2D eigenvalue weighted by Gasteiger charge is 2.14. The minimum Gasteiger partial charge on any atom is -0.484 e. The van der Waals surface area contributed by atoms with Crippen molar-refractivity contribution >= 4 is 5.91 Å². The molecule has 0 fully saturated rings. The third-order valence-electron chi connectivity index (χ3n) is 3.10. The molecule has 0 spiro atoms. The Morgan fingerprint density at radius 3 is 2.37 bits per heavy atom. The number of hydrogen-bond acceptors (Lipinski definition) is 3. The van der Waals surface area contributed by atoms with E-state index in [4.69, 9.17) is 9.84 Å². The zero-order valence-corrected chi connectivity index (χ0v) is 12.1. The van der Waals surface area contributed by atoms with Crippen molar-refractivity contribution < 1.29 is 14.6 Å². The maximum Gasteiger partial charge on any atom is 0.258 e. The van der Waals surface area contributed by atoms with E-state index in [0.717, 1.165) is 11.1 Å². The molecule has 1 aromatic rings. The third-order valence-corrected chi connectivity index (χ3v) is 3.10. The van der Waals surface area contributed by atoms with Crippen molar-refractivity contribution in [2.75, 3.05) is 13.2 Å². The predicted molar refractivity (Wildman–Crippen MR) is 75.3 cm³/mol. The van der Waals surface area contributed by atoms with E-state index in [1.807, 2.05) is 39.8 Å². The van der Waals surface area contributed by atoms with Crippen LogP contribution in [0.5, 0.6) is 5.75 Å². The van der Waals surface area contributed by atoms with E-state index in [9.17, 15) is 4.79 Å². The number of nitrogens with one attached hydrogen (secondary N) is 1. The molecule has 0 radical (unpaired) electrons. The third kappa shape index (κ3) is 5.30. The monoisotopic (exact) mass is 265 g/mol. The van der Waals surface area contributed by atoms with Gasteiger partial charge < -0.3 is 15.2 Å². The lowest BCUT2D eigenvalue weighted by Gasteiger charge is -2.19. The minimum atomic E-state index is -0.174. The molecule has 106 valence electrons. The van der Waals surface area contributed by atoms with Gasteiger partial charge in [0.2, 0.25) is 0 Å². The first-order valence-electron chi connectivity index (χ1n) is 6.53. The van der Waals surface area contributed by atoms with E-state index >= 15 is 0 Å². The molecular weight excluding hydrogens is 242 g/mol. The number of carbonyl (C=O) groups excluding carboxylic acids is 1. The topological polar surface area (TPSA) is 58.6 Å². The first-order valence-corrected chi connectivity index (χ1v) is 6.53. The van der Waals surface area contributed by atoms with Crippen LogP contribution in [0.1, 0.15) is 25.0 Å². The molecule has 0 aliphatic rings. The maximum atomic E-state index is 11.7. The zero-order chi connectivity index (χ0) is 14.4. The van der Waals surface area contributed by atoms with Gasteiger partial charge >= 0.3 is 0 Å². The number of aliphatic hydroxyl groups is 1. The standard InChI is InChI=1S/C15H23NO3/c1-10-5-11(2)7-14(6-10)19-9-15(18)16-13(4)12(3)8-17/h5-7,12-13,17H,8-9H2,1-4H3,(H,16,18). The lowest BCUT2D eigenvalue weighted by Crippen LogP contribution is -2.40. The van der Waals surface area contributed by atoms with Crippen LogP contribution < -0.4 is 10.1 Å². The van der Waals surface area contributed by atoms with Crippen LogP contribution in [0.3, 0.4) is 0 Å². The largest absolute Gasteiger partial charge is 0.484 e. The number of carbonyl (C=O) groups is 1. The number of amides is 1. The molecule has 0 saturated carbocycles. The summed E-state index contributed by atoms with van der Waals surface area (Å²) in [6.07, 6.45) is 0. The Kier molecular flexibility index (Phi) is 5.83.